The molecule has 2 heteroatoms. The summed E-state index contributed by atoms with van der Waals surface area (Å²) in [4.78, 5) is 2.89. The van der Waals surface area contributed by atoms with E-state index < -0.39 is 0 Å². The predicted octanol–water partition coefficient (Wildman–Crippen LogP) is 3.81. The van der Waals surface area contributed by atoms with Gasteiger partial charge in [-0.3, -0.25) is 4.90 Å². The van der Waals surface area contributed by atoms with Crippen molar-refractivity contribution < 1.29 is 0 Å². The van der Waals surface area contributed by atoms with Crippen LogP contribution in [0.3, 0.4) is 0 Å². The molecule has 1 N–H and O–H groups in total. The number of hydrogen-bond donors (Lipinski definition) is 1. The molecule has 0 amide bonds. The Morgan fingerprint density at radius 2 is 1.30 bits per heavy atom. The van der Waals surface area contributed by atoms with Gasteiger partial charge in [-0.1, -0.05) is 0 Å². The Hall–Kier alpha value is -0.0800. The fraction of sp³-hybridized carbons (Fsp3) is 1.00. The maximum atomic E-state index is 3.81. The number of hydrogen-bond acceptors (Lipinski definition) is 2. The smallest absolute Gasteiger partial charge is 0.00990 e. The van der Waals surface area contributed by atoms with Gasteiger partial charge in [0.25, 0.3) is 0 Å². The maximum Gasteiger partial charge on any atom is 0.00990 e. The topological polar surface area (TPSA) is 15.3 Å². The van der Waals surface area contributed by atoms with Crippen LogP contribution in [0.15, 0.2) is 0 Å². The molecule has 3 aliphatic rings. The molecule has 20 heavy (non-hydrogen) atoms. The van der Waals surface area contributed by atoms with Gasteiger partial charge in [0.1, 0.15) is 0 Å². The number of nitrogens with zero attached hydrogens (tertiary/aromatic N) is 1. The third-order valence-electron chi connectivity index (χ3n) is 5.23. The highest BCUT2D eigenvalue weighted by Crippen LogP contribution is 2.36. The van der Waals surface area contributed by atoms with Gasteiger partial charge in [0, 0.05) is 30.7 Å². The summed E-state index contributed by atoms with van der Waals surface area (Å²) in [7, 11) is 0. The molecule has 0 saturated heterocycles. The molecule has 3 fully saturated rings. The molecule has 3 rings (SSSR count). The van der Waals surface area contributed by atoms with E-state index >= 15 is 0 Å². The third-order valence-corrected chi connectivity index (χ3v) is 5.23. The zero-order chi connectivity index (χ0) is 14.2. The summed E-state index contributed by atoms with van der Waals surface area (Å²) < 4.78 is 0. The van der Waals surface area contributed by atoms with Crippen molar-refractivity contribution in [1.82, 2.24) is 10.2 Å². The lowest BCUT2D eigenvalue weighted by molar-refractivity contribution is 0.126. The van der Waals surface area contributed by atoms with E-state index in [0.717, 1.165) is 23.9 Å². The van der Waals surface area contributed by atoms with Gasteiger partial charge >= 0.3 is 0 Å². The summed E-state index contributed by atoms with van der Waals surface area (Å²) in [6.45, 7) is 9.72. The fourth-order valence-electron chi connectivity index (χ4n) is 3.83. The average molecular weight is 278 g/mol. The highest BCUT2D eigenvalue weighted by molar-refractivity contribution is 4.90. The van der Waals surface area contributed by atoms with Gasteiger partial charge in [-0.15, -0.1) is 0 Å². The van der Waals surface area contributed by atoms with Crippen LogP contribution in [0, 0.1) is 11.8 Å². The quantitative estimate of drug-likeness (QED) is 0.795. The highest BCUT2D eigenvalue weighted by atomic mass is 15.2. The summed E-state index contributed by atoms with van der Waals surface area (Å²) in [5, 5.41) is 3.81. The molecule has 0 heterocycles. The van der Waals surface area contributed by atoms with Crippen LogP contribution in [0.4, 0.5) is 0 Å². The molecule has 0 spiro atoms. The number of rotatable bonds is 6. The van der Waals surface area contributed by atoms with E-state index in [9.17, 15) is 0 Å². The lowest BCUT2D eigenvalue weighted by atomic mass is 9.88. The zero-order valence-corrected chi connectivity index (χ0v) is 13.8. The van der Waals surface area contributed by atoms with E-state index in [1.54, 1.807) is 0 Å². The van der Waals surface area contributed by atoms with E-state index in [-0.39, 0.29) is 5.54 Å². The summed E-state index contributed by atoms with van der Waals surface area (Å²) in [5.74, 6) is 2.11. The van der Waals surface area contributed by atoms with Gasteiger partial charge in [-0.05, 0) is 84.0 Å². The van der Waals surface area contributed by atoms with E-state index in [2.05, 4.69) is 31.0 Å². The monoisotopic (exact) mass is 278 g/mol. The summed E-state index contributed by atoms with van der Waals surface area (Å²) in [6.07, 6.45) is 11.6. The van der Waals surface area contributed by atoms with E-state index in [0.29, 0.717) is 0 Å². The minimum atomic E-state index is 0.277. The molecule has 0 aromatic heterocycles. The standard InChI is InChI=1S/C18H34N2/c1-18(2,3)19-16-8-10-17(11-9-16)20(12-14-4-5-14)13-15-6-7-15/h14-17,19H,4-13H2,1-3H3/t16-,17-. The Morgan fingerprint density at radius 1 is 0.800 bits per heavy atom. The van der Waals surface area contributed by atoms with Crippen molar-refractivity contribution in [2.75, 3.05) is 13.1 Å². The van der Waals surface area contributed by atoms with E-state index in [1.165, 1.54) is 64.5 Å². The molecule has 0 radical (unpaired) electrons. The molecule has 0 unspecified atom stereocenters. The van der Waals surface area contributed by atoms with Crippen molar-refractivity contribution in [1.29, 1.82) is 0 Å². The van der Waals surface area contributed by atoms with Crippen LogP contribution in [-0.2, 0) is 0 Å². The Labute approximate surface area is 125 Å². The molecule has 3 aliphatic carbocycles. The highest BCUT2D eigenvalue weighted by Gasteiger charge is 2.34. The van der Waals surface area contributed by atoms with Crippen LogP contribution in [0.25, 0.3) is 0 Å². The second-order valence-electron chi connectivity index (χ2n) is 8.74. The SMILES string of the molecule is CC(C)(C)N[C@H]1CC[C@H](N(CC2CC2)CC2CC2)CC1. The summed E-state index contributed by atoms with van der Waals surface area (Å²) in [6, 6.07) is 1.66. The summed E-state index contributed by atoms with van der Waals surface area (Å²) >= 11 is 0. The molecule has 0 aliphatic heterocycles. The first-order valence-electron chi connectivity index (χ1n) is 9.01. The van der Waals surface area contributed by atoms with Crippen molar-refractivity contribution >= 4 is 0 Å². The van der Waals surface area contributed by atoms with Crippen molar-refractivity contribution in [2.24, 2.45) is 11.8 Å². The third kappa shape index (κ3) is 4.73. The van der Waals surface area contributed by atoms with Crippen molar-refractivity contribution in [2.45, 2.75) is 89.8 Å². The van der Waals surface area contributed by atoms with E-state index in [4.69, 9.17) is 0 Å². The van der Waals surface area contributed by atoms with Gasteiger partial charge in [0.05, 0.1) is 0 Å². The van der Waals surface area contributed by atoms with Crippen LogP contribution in [-0.4, -0.2) is 35.6 Å². The van der Waals surface area contributed by atoms with Crippen molar-refractivity contribution in [3.05, 3.63) is 0 Å². The molecule has 116 valence electrons. The first kappa shape index (κ1) is 14.8. The molecular weight excluding hydrogens is 244 g/mol. The lowest BCUT2D eigenvalue weighted by Crippen LogP contribution is -2.48. The zero-order valence-electron chi connectivity index (χ0n) is 13.8. The second-order valence-corrected chi connectivity index (χ2v) is 8.74. The van der Waals surface area contributed by atoms with Crippen LogP contribution < -0.4 is 5.32 Å². The summed E-state index contributed by atoms with van der Waals surface area (Å²) in [5.41, 5.74) is 0.277. The molecule has 3 saturated carbocycles. The lowest BCUT2D eigenvalue weighted by Gasteiger charge is -2.39. The molecule has 2 nitrogen and oxygen atoms in total. The first-order chi connectivity index (χ1) is 9.49. The van der Waals surface area contributed by atoms with Crippen LogP contribution in [0.2, 0.25) is 0 Å². The molecule has 0 aromatic carbocycles. The predicted molar refractivity (Wildman–Crippen MR) is 86.0 cm³/mol. The van der Waals surface area contributed by atoms with Gasteiger partial charge in [0.2, 0.25) is 0 Å². The Bertz CT molecular complexity index is 290. The van der Waals surface area contributed by atoms with Gasteiger partial charge in [-0.2, -0.15) is 0 Å². The van der Waals surface area contributed by atoms with Crippen LogP contribution in [0.5, 0.6) is 0 Å². The van der Waals surface area contributed by atoms with Gasteiger partial charge in [0.15, 0.2) is 0 Å². The minimum Gasteiger partial charge on any atom is -0.309 e. The molecule has 0 bridgehead atoms. The minimum absolute atomic E-state index is 0.277. The maximum absolute atomic E-state index is 3.81. The fourth-order valence-corrected chi connectivity index (χ4v) is 3.83. The van der Waals surface area contributed by atoms with Gasteiger partial charge < -0.3 is 5.32 Å². The van der Waals surface area contributed by atoms with Crippen LogP contribution >= 0.6 is 0 Å². The van der Waals surface area contributed by atoms with Crippen LogP contribution in [0.1, 0.15) is 72.1 Å². The average Bonchev–Trinajstić information content (AvgIpc) is 3.22. The van der Waals surface area contributed by atoms with E-state index in [1.807, 2.05) is 0 Å². The van der Waals surface area contributed by atoms with Crippen molar-refractivity contribution in [3.8, 4) is 0 Å². The molecular formula is C18H34N2. The number of nitrogens with one attached hydrogen (secondary N) is 1. The first-order valence-corrected chi connectivity index (χ1v) is 9.01. The molecule has 0 aromatic rings. The molecule has 0 atom stereocenters. The normalized spacial score (nSPS) is 31.8. The Balaban J connectivity index is 1.46. The Morgan fingerprint density at radius 3 is 1.70 bits per heavy atom. The Kier molecular flexibility index (Phi) is 4.42. The van der Waals surface area contributed by atoms with Gasteiger partial charge in [-0.25, -0.2) is 0 Å². The van der Waals surface area contributed by atoms with Crippen molar-refractivity contribution in [3.63, 3.8) is 0 Å². The largest absolute Gasteiger partial charge is 0.309 e. The second kappa shape index (κ2) is 5.96.